The summed E-state index contributed by atoms with van der Waals surface area (Å²) in [5, 5.41) is 13.7. The predicted octanol–water partition coefficient (Wildman–Crippen LogP) is 3.32. The highest BCUT2D eigenvalue weighted by molar-refractivity contribution is 5.89. The molecule has 5 nitrogen and oxygen atoms in total. The molecule has 0 spiro atoms. The molecule has 1 aromatic carbocycles. The van der Waals surface area contributed by atoms with Crippen LogP contribution in [0, 0.1) is 11.3 Å². The Bertz CT molecular complexity index is 752. The molecule has 124 valence electrons. The molecule has 4 rings (SSSR count). The zero-order valence-corrected chi connectivity index (χ0v) is 13.9. The lowest BCUT2D eigenvalue weighted by molar-refractivity contribution is 0.186. The smallest absolute Gasteiger partial charge is 0.137 e. The number of nitrogens with zero attached hydrogens (tertiary/aromatic N) is 4. The maximum absolute atomic E-state index is 9.13. The minimum absolute atomic E-state index is 0.465. The standard InChI is InChI=1S/C19H23N5/c20-12-14-3-8-18-17(11-14)19(22-13-21-18)23-15-4-6-16(7-5-15)24-9-1-2-10-24/h3,8,11,13,15-16H,1-2,4-7,9-10H2,(H,21,22,23). The Morgan fingerprint density at radius 2 is 1.88 bits per heavy atom. The first kappa shape index (κ1) is 15.3. The summed E-state index contributed by atoms with van der Waals surface area (Å²) in [6.07, 6.45) is 9.24. The van der Waals surface area contributed by atoms with Gasteiger partial charge in [0.25, 0.3) is 0 Å². The van der Waals surface area contributed by atoms with E-state index in [1.54, 1.807) is 12.4 Å². The average Bonchev–Trinajstić information content (AvgIpc) is 3.17. The number of rotatable bonds is 3. The molecule has 1 saturated heterocycles. The van der Waals surface area contributed by atoms with Gasteiger partial charge >= 0.3 is 0 Å². The fourth-order valence-electron chi connectivity index (χ4n) is 4.13. The van der Waals surface area contributed by atoms with E-state index in [-0.39, 0.29) is 0 Å². The Balaban J connectivity index is 1.46. The second-order valence-electron chi connectivity index (χ2n) is 6.96. The van der Waals surface area contributed by atoms with Gasteiger partial charge in [-0.3, -0.25) is 0 Å². The summed E-state index contributed by atoms with van der Waals surface area (Å²) >= 11 is 0. The fourth-order valence-corrected chi connectivity index (χ4v) is 4.13. The molecule has 1 N–H and O–H groups in total. The largest absolute Gasteiger partial charge is 0.367 e. The lowest BCUT2D eigenvalue weighted by Gasteiger charge is -2.35. The van der Waals surface area contributed by atoms with Crippen molar-refractivity contribution in [2.75, 3.05) is 18.4 Å². The average molecular weight is 321 g/mol. The number of hydrogen-bond acceptors (Lipinski definition) is 5. The van der Waals surface area contributed by atoms with Crippen LogP contribution >= 0.6 is 0 Å². The molecule has 0 radical (unpaired) electrons. The summed E-state index contributed by atoms with van der Waals surface area (Å²) < 4.78 is 0. The van der Waals surface area contributed by atoms with Crippen LogP contribution in [0.2, 0.25) is 0 Å². The van der Waals surface area contributed by atoms with Crippen molar-refractivity contribution in [3.8, 4) is 6.07 Å². The van der Waals surface area contributed by atoms with Crippen molar-refractivity contribution in [3.63, 3.8) is 0 Å². The molecule has 0 bridgehead atoms. The topological polar surface area (TPSA) is 64.8 Å². The van der Waals surface area contributed by atoms with Crippen LogP contribution in [-0.2, 0) is 0 Å². The minimum atomic E-state index is 0.465. The van der Waals surface area contributed by atoms with Gasteiger partial charge in [-0.25, -0.2) is 9.97 Å². The van der Waals surface area contributed by atoms with E-state index in [0.29, 0.717) is 11.6 Å². The van der Waals surface area contributed by atoms with E-state index in [4.69, 9.17) is 5.26 Å². The molecule has 1 aliphatic heterocycles. The monoisotopic (exact) mass is 321 g/mol. The number of nitriles is 1. The molecule has 2 aliphatic rings. The molecule has 1 aromatic heterocycles. The van der Waals surface area contributed by atoms with Gasteiger partial charge in [0.2, 0.25) is 0 Å². The zero-order valence-electron chi connectivity index (χ0n) is 13.9. The van der Waals surface area contributed by atoms with Crippen molar-refractivity contribution in [1.82, 2.24) is 14.9 Å². The first-order valence-corrected chi connectivity index (χ1v) is 8.99. The van der Waals surface area contributed by atoms with Crippen LogP contribution in [-0.4, -0.2) is 40.0 Å². The summed E-state index contributed by atoms with van der Waals surface area (Å²) in [6, 6.07) is 9.02. The van der Waals surface area contributed by atoms with Gasteiger partial charge in [0.1, 0.15) is 12.1 Å². The summed E-state index contributed by atoms with van der Waals surface area (Å²) in [5.41, 5.74) is 1.54. The van der Waals surface area contributed by atoms with Crippen molar-refractivity contribution >= 4 is 16.7 Å². The van der Waals surface area contributed by atoms with E-state index in [1.807, 2.05) is 12.1 Å². The van der Waals surface area contributed by atoms with Gasteiger partial charge in [0, 0.05) is 17.5 Å². The maximum atomic E-state index is 9.13. The zero-order chi connectivity index (χ0) is 16.4. The highest BCUT2D eigenvalue weighted by Crippen LogP contribution is 2.29. The summed E-state index contributed by atoms with van der Waals surface area (Å²) in [6.45, 7) is 2.58. The quantitative estimate of drug-likeness (QED) is 0.939. The number of hydrogen-bond donors (Lipinski definition) is 1. The van der Waals surface area contributed by atoms with E-state index in [2.05, 4.69) is 26.3 Å². The number of aromatic nitrogens is 2. The van der Waals surface area contributed by atoms with E-state index in [0.717, 1.165) is 22.8 Å². The third-order valence-corrected chi connectivity index (χ3v) is 5.46. The molecule has 0 atom stereocenters. The van der Waals surface area contributed by atoms with Gasteiger partial charge in [0.05, 0.1) is 17.1 Å². The highest BCUT2D eigenvalue weighted by Gasteiger charge is 2.27. The number of nitrogens with one attached hydrogen (secondary N) is 1. The lowest BCUT2D eigenvalue weighted by Crippen LogP contribution is -2.39. The molecule has 1 aliphatic carbocycles. The van der Waals surface area contributed by atoms with Crippen LogP contribution in [0.4, 0.5) is 5.82 Å². The molecular weight excluding hydrogens is 298 g/mol. The third kappa shape index (κ3) is 3.07. The van der Waals surface area contributed by atoms with Crippen LogP contribution in [0.15, 0.2) is 24.5 Å². The van der Waals surface area contributed by atoms with Gasteiger partial charge in [-0.1, -0.05) is 0 Å². The van der Waals surface area contributed by atoms with Crippen LogP contribution in [0.3, 0.4) is 0 Å². The Morgan fingerprint density at radius 1 is 1.08 bits per heavy atom. The van der Waals surface area contributed by atoms with E-state index < -0.39 is 0 Å². The first-order chi connectivity index (χ1) is 11.8. The summed E-state index contributed by atoms with van der Waals surface area (Å²) in [5.74, 6) is 0.863. The van der Waals surface area contributed by atoms with Crippen LogP contribution in [0.1, 0.15) is 44.1 Å². The third-order valence-electron chi connectivity index (χ3n) is 5.46. The second kappa shape index (κ2) is 6.74. The predicted molar refractivity (Wildman–Crippen MR) is 94.7 cm³/mol. The molecule has 2 heterocycles. The molecule has 5 heteroatoms. The van der Waals surface area contributed by atoms with Crippen molar-refractivity contribution in [3.05, 3.63) is 30.1 Å². The highest BCUT2D eigenvalue weighted by atomic mass is 15.2. The van der Waals surface area contributed by atoms with Gasteiger partial charge in [0.15, 0.2) is 0 Å². The minimum Gasteiger partial charge on any atom is -0.367 e. The number of benzene rings is 1. The number of fused-ring (bicyclic) bond motifs is 1. The molecular formula is C19H23N5. The van der Waals surface area contributed by atoms with Crippen molar-refractivity contribution in [2.24, 2.45) is 0 Å². The van der Waals surface area contributed by atoms with Gasteiger partial charge in [-0.2, -0.15) is 5.26 Å². The Kier molecular flexibility index (Phi) is 4.31. The first-order valence-electron chi connectivity index (χ1n) is 8.99. The molecule has 1 saturated carbocycles. The second-order valence-corrected chi connectivity index (χ2v) is 6.96. The lowest BCUT2D eigenvalue weighted by atomic mass is 9.90. The fraction of sp³-hybridized carbons (Fsp3) is 0.526. The van der Waals surface area contributed by atoms with E-state index in [9.17, 15) is 0 Å². The normalized spacial score (nSPS) is 24.8. The summed E-state index contributed by atoms with van der Waals surface area (Å²) in [7, 11) is 0. The Hall–Kier alpha value is -2.19. The molecule has 0 amide bonds. The van der Waals surface area contributed by atoms with E-state index in [1.165, 1.54) is 51.6 Å². The van der Waals surface area contributed by atoms with Crippen molar-refractivity contribution in [2.45, 2.75) is 50.6 Å². The van der Waals surface area contributed by atoms with Gasteiger partial charge < -0.3 is 10.2 Å². The van der Waals surface area contributed by atoms with Gasteiger partial charge in [-0.15, -0.1) is 0 Å². The number of likely N-dealkylation sites (tertiary alicyclic amines) is 1. The van der Waals surface area contributed by atoms with Crippen LogP contribution in [0.25, 0.3) is 10.9 Å². The van der Waals surface area contributed by atoms with Crippen LogP contribution in [0.5, 0.6) is 0 Å². The summed E-state index contributed by atoms with van der Waals surface area (Å²) in [4.78, 5) is 11.4. The molecule has 2 aromatic rings. The SMILES string of the molecule is N#Cc1ccc2ncnc(NC3CCC(N4CCCC4)CC3)c2c1. The number of anilines is 1. The maximum Gasteiger partial charge on any atom is 0.137 e. The van der Waals surface area contributed by atoms with Crippen molar-refractivity contribution < 1.29 is 0 Å². The molecule has 2 fully saturated rings. The Morgan fingerprint density at radius 3 is 2.62 bits per heavy atom. The van der Waals surface area contributed by atoms with Gasteiger partial charge in [-0.05, 0) is 69.8 Å². The molecule has 24 heavy (non-hydrogen) atoms. The van der Waals surface area contributed by atoms with E-state index >= 15 is 0 Å². The Labute approximate surface area is 142 Å². The van der Waals surface area contributed by atoms with Crippen LogP contribution < -0.4 is 5.32 Å². The van der Waals surface area contributed by atoms with Crippen molar-refractivity contribution in [1.29, 1.82) is 5.26 Å². The molecule has 0 unspecified atom stereocenters.